The van der Waals surface area contributed by atoms with E-state index in [-0.39, 0.29) is 17.9 Å². The lowest BCUT2D eigenvalue weighted by Gasteiger charge is -2.19. The number of nitrogens with one attached hydrogen (secondary N) is 2. The number of ether oxygens (including phenoxy) is 2. The number of allylic oxidation sites excluding steroid dienone is 1. The maximum atomic E-state index is 12.0. The second-order valence-corrected chi connectivity index (χ2v) is 4.79. The number of amides is 1. The molecule has 0 fully saturated rings. The highest BCUT2D eigenvalue weighted by Gasteiger charge is 2.19. The van der Waals surface area contributed by atoms with E-state index in [2.05, 4.69) is 15.3 Å². The molecule has 0 atom stereocenters. The van der Waals surface area contributed by atoms with Crippen molar-refractivity contribution in [2.75, 3.05) is 13.2 Å². The van der Waals surface area contributed by atoms with E-state index in [0.29, 0.717) is 35.7 Å². The van der Waals surface area contributed by atoms with Gasteiger partial charge in [0.15, 0.2) is 0 Å². The first kappa shape index (κ1) is 14.1. The molecular weight excluding hydrogens is 286 g/mol. The van der Waals surface area contributed by atoms with Gasteiger partial charge in [-0.05, 0) is 19.1 Å². The second-order valence-electron chi connectivity index (χ2n) is 4.79. The van der Waals surface area contributed by atoms with E-state index in [1.165, 1.54) is 0 Å². The predicted molar refractivity (Wildman–Crippen MR) is 78.8 cm³/mol. The van der Waals surface area contributed by atoms with E-state index in [1.807, 2.05) is 0 Å². The molecule has 0 saturated carbocycles. The van der Waals surface area contributed by atoms with Crippen LogP contribution in [0.5, 0.6) is 0 Å². The molecule has 7 heteroatoms. The molecule has 3 rings (SSSR count). The van der Waals surface area contributed by atoms with Crippen molar-refractivity contribution in [2.45, 2.75) is 13.5 Å². The van der Waals surface area contributed by atoms with Crippen molar-refractivity contribution in [1.29, 1.82) is 0 Å². The Morgan fingerprint density at radius 2 is 2.09 bits per heavy atom. The second kappa shape index (κ2) is 5.88. The fourth-order valence-electron chi connectivity index (χ4n) is 2.19. The van der Waals surface area contributed by atoms with Gasteiger partial charge in [0.2, 0.25) is 5.76 Å². The normalized spacial score (nSPS) is 14.4. The van der Waals surface area contributed by atoms with E-state index in [1.54, 1.807) is 31.2 Å². The molecular formula is C15H15N3O4. The highest BCUT2D eigenvalue weighted by molar-refractivity contribution is 5.91. The lowest BCUT2D eigenvalue weighted by atomic mass is 10.2. The highest BCUT2D eigenvalue weighted by Crippen LogP contribution is 2.13. The maximum absolute atomic E-state index is 12.0. The molecule has 1 amide bonds. The minimum atomic E-state index is -0.395. The number of aromatic nitrogens is 2. The molecule has 1 aliphatic heterocycles. The summed E-state index contributed by atoms with van der Waals surface area (Å²) in [5, 5.41) is 3.17. The number of H-pyrrole nitrogens is 1. The van der Waals surface area contributed by atoms with E-state index in [0.717, 1.165) is 0 Å². The molecule has 0 radical (unpaired) electrons. The van der Waals surface area contributed by atoms with Gasteiger partial charge in [-0.3, -0.25) is 9.59 Å². The Hall–Kier alpha value is -2.83. The number of fused-ring (bicyclic) bond motifs is 1. The Kier molecular flexibility index (Phi) is 3.78. The van der Waals surface area contributed by atoms with E-state index in [9.17, 15) is 9.59 Å². The third kappa shape index (κ3) is 2.78. The standard InChI is InChI=1S/C15H15N3O4/c1-9-13(22-7-6-21-9)15(20)16-8-12-17-11-5-3-2-4-10(11)14(19)18-12/h2-5H,6-8H2,1H3,(H,16,20)(H,17,18,19). The Bertz CT molecular complexity index is 810. The minimum absolute atomic E-state index is 0.0963. The lowest BCUT2D eigenvalue weighted by molar-refractivity contribution is -0.122. The van der Waals surface area contributed by atoms with Crippen LogP contribution in [0.25, 0.3) is 10.9 Å². The number of para-hydroxylation sites is 1. The molecule has 1 aromatic heterocycles. The zero-order valence-electron chi connectivity index (χ0n) is 12.0. The van der Waals surface area contributed by atoms with Crippen LogP contribution in [0.1, 0.15) is 12.7 Å². The van der Waals surface area contributed by atoms with Gasteiger partial charge in [-0.25, -0.2) is 4.98 Å². The van der Waals surface area contributed by atoms with Crippen LogP contribution >= 0.6 is 0 Å². The average Bonchev–Trinajstić information content (AvgIpc) is 2.53. The predicted octanol–water partition coefficient (Wildman–Crippen LogP) is 0.818. The van der Waals surface area contributed by atoms with Gasteiger partial charge in [0.05, 0.1) is 17.4 Å². The van der Waals surface area contributed by atoms with Crippen LogP contribution in [-0.4, -0.2) is 29.1 Å². The number of rotatable bonds is 3. The molecule has 7 nitrogen and oxygen atoms in total. The minimum Gasteiger partial charge on any atom is -0.491 e. The smallest absolute Gasteiger partial charge is 0.290 e. The summed E-state index contributed by atoms with van der Waals surface area (Å²) in [7, 11) is 0. The third-order valence-corrected chi connectivity index (χ3v) is 3.25. The molecule has 0 aliphatic carbocycles. The van der Waals surface area contributed by atoms with Crippen LogP contribution < -0.4 is 10.9 Å². The summed E-state index contributed by atoms with van der Waals surface area (Å²) < 4.78 is 10.5. The Balaban J connectivity index is 1.77. The van der Waals surface area contributed by atoms with Gasteiger partial charge in [-0.1, -0.05) is 12.1 Å². The summed E-state index contributed by atoms with van der Waals surface area (Å²) >= 11 is 0. The molecule has 0 bridgehead atoms. The quantitative estimate of drug-likeness (QED) is 0.875. The summed E-state index contributed by atoms with van der Waals surface area (Å²) in [5.41, 5.74) is 0.352. The molecule has 1 aromatic carbocycles. The number of hydrogen-bond donors (Lipinski definition) is 2. The van der Waals surface area contributed by atoms with Gasteiger partial charge in [-0.15, -0.1) is 0 Å². The van der Waals surface area contributed by atoms with Gasteiger partial charge in [0, 0.05) is 0 Å². The van der Waals surface area contributed by atoms with Gasteiger partial charge >= 0.3 is 0 Å². The molecule has 2 N–H and O–H groups in total. The molecule has 0 unspecified atom stereocenters. The number of carbonyl (C=O) groups excluding carboxylic acids is 1. The van der Waals surface area contributed by atoms with E-state index < -0.39 is 5.91 Å². The van der Waals surface area contributed by atoms with Crippen molar-refractivity contribution < 1.29 is 14.3 Å². The van der Waals surface area contributed by atoms with Crippen molar-refractivity contribution in [3.05, 3.63) is 52.0 Å². The number of nitrogens with zero attached hydrogens (tertiary/aromatic N) is 1. The van der Waals surface area contributed by atoms with Crippen molar-refractivity contribution in [3.8, 4) is 0 Å². The van der Waals surface area contributed by atoms with Crippen molar-refractivity contribution in [1.82, 2.24) is 15.3 Å². The lowest BCUT2D eigenvalue weighted by Crippen LogP contribution is -2.30. The Labute approximate surface area is 126 Å². The fourth-order valence-corrected chi connectivity index (χ4v) is 2.19. The van der Waals surface area contributed by atoms with E-state index >= 15 is 0 Å². The molecule has 114 valence electrons. The summed E-state index contributed by atoms with van der Waals surface area (Å²) in [4.78, 5) is 30.9. The van der Waals surface area contributed by atoms with Crippen LogP contribution in [0.15, 0.2) is 40.6 Å². The molecule has 2 heterocycles. The topological polar surface area (TPSA) is 93.3 Å². The van der Waals surface area contributed by atoms with Gasteiger partial charge < -0.3 is 19.8 Å². The maximum Gasteiger partial charge on any atom is 0.290 e. The largest absolute Gasteiger partial charge is 0.491 e. The van der Waals surface area contributed by atoms with Crippen molar-refractivity contribution >= 4 is 16.8 Å². The monoisotopic (exact) mass is 301 g/mol. The molecule has 22 heavy (non-hydrogen) atoms. The average molecular weight is 301 g/mol. The van der Waals surface area contributed by atoms with Crippen LogP contribution in [0.3, 0.4) is 0 Å². The molecule has 0 spiro atoms. The third-order valence-electron chi connectivity index (χ3n) is 3.25. The van der Waals surface area contributed by atoms with Crippen LogP contribution in [0.4, 0.5) is 0 Å². The number of benzene rings is 1. The first-order valence-electron chi connectivity index (χ1n) is 6.88. The summed E-state index contributed by atoms with van der Waals surface area (Å²) in [6, 6.07) is 7.03. The summed E-state index contributed by atoms with van der Waals surface area (Å²) in [6.07, 6.45) is 0. The van der Waals surface area contributed by atoms with Crippen molar-refractivity contribution in [2.24, 2.45) is 0 Å². The van der Waals surface area contributed by atoms with Gasteiger partial charge in [0.1, 0.15) is 24.8 Å². The molecule has 0 saturated heterocycles. The first-order chi connectivity index (χ1) is 10.6. The molecule has 1 aliphatic rings. The number of hydrogen-bond acceptors (Lipinski definition) is 5. The van der Waals surface area contributed by atoms with Gasteiger partial charge in [0.25, 0.3) is 11.5 Å². The highest BCUT2D eigenvalue weighted by atomic mass is 16.6. The van der Waals surface area contributed by atoms with Crippen LogP contribution in [-0.2, 0) is 20.8 Å². The fraction of sp³-hybridized carbons (Fsp3) is 0.267. The summed E-state index contributed by atoms with van der Waals surface area (Å²) in [5.74, 6) is 0.595. The first-order valence-corrected chi connectivity index (χ1v) is 6.88. The van der Waals surface area contributed by atoms with E-state index in [4.69, 9.17) is 9.47 Å². The summed E-state index contributed by atoms with van der Waals surface area (Å²) in [6.45, 7) is 2.54. The molecule has 2 aromatic rings. The number of aromatic amines is 1. The zero-order valence-corrected chi connectivity index (χ0v) is 12.0. The SMILES string of the molecule is CC1=C(C(=O)NCc2nc3ccccc3c(=O)[nH]2)OCCO1. The van der Waals surface area contributed by atoms with Crippen molar-refractivity contribution in [3.63, 3.8) is 0 Å². The number of carbonyl (C=O) groups is 1. The zero-order chi connectivity index (χ0) is 15.5. The Morgan fingerprint density at radius 3 is 2.91 bits per heavy atom. The van der Waals surface area contributed by atoms with Crippen LogP contribution in [0, 0.1) is 0 Å². The van der Waals surface area contributed by atoms with Gasteiger partial charge in [-0.2, -0.15) is 0 Å². The Morgan fingerprint density at radius 1 is 1.32 bits per heavy atom. The van der Waals surface area contributed by atoms with Crippen LogP contribution in [0.2, 0.25) is 0 Å².